The zero-order valence-corrected chi connectivity index (χ0v) is 16.6. The van der Waals surface area contributed by atoms with Crippen molar-refractivity contribution in [1.29, 1.82) is 0 Å². The van der Waals surface area contributed by atoms with Crippen LogP contribution in [0.1, 0.15) is 68.9 Å². The minimum absolute atomic E-state index is 0.103. The van der Waals surface area contributed by atoms with Gasteiger partial charge in [0, 0.05) is 5.92 Å². The highest BCUT2D eigenvalue weighted by Crippen LogP contribution is 2.37. The first-order valence-electron chi connectivity index (χ1n) is 10.2. The SMILES string of the molecule is CCCC1COC(F)OC1.Cc1ccc(C2CCC(CCF)CC2)cc1F. The van der Waals surface area contributed by atoms with Crippen molar-refractivity contribution in [2.75, 3.05) is 19.9 Å². The van der Waals surface area contributed by atoms with Crippen molar-refractivity contribution in [1.82, 2.24) is 0 Å². The van der Waals surface area contributed by atoms with Gasteiger partial charge in [-0.1, -0.05) is 25.5 Å². The number of rotatable bonds is 5. The Morgan fingerprint density at radius 2 is 1.67 bits per heavy atom. The summed E-state index contributed by atoms with van der Waals surface area (Å²) < 4.78 is 47.2. The number of alkyl halides is 2. The molecule has 0 atom stereocenters. The van der Waals surface area contributed by atoms with Crippen LogP contribution in [0.15, 0.2) is 18.2 Å². The summed E-state index contributed by atoms with van der Waals surface area (Å²) in [6.07, 6.45) is 7.20. The molecule has 2 aliphatic rings. The molecule has 0 unspecified atom stereocenters. The maximum Gasteiger partial charge on any atom is 0.309 e. The molecule has 0 N–H and O–H groups in total. The second kappa shape index (κ2) is 11.7. The van der Waals surface area contributed by atoms with Crippen LogP contribution < -0.4 is 0 Å². The van der Waals surface area contributed by atoms with E-state index in [9.17, 15) is 13.2 Å². The fourth-order valence-corrected chi connectivity index (χ4v) is 3.90. The lowest BCUT2D eigenvalue weighted by atomic mass is 9.77. The van der Waals surface area contributed by atoms with Crippen LogP contribution in [-0.2, 0) is 9.47 Å². The van der Waals surface area contributed by atoms with E-state index in [1.54, 1.807) is 13.0 Å². The topological polar surface area (TPSA) is 18.5 Å². The normalized spacial score (nSPS) is 28.3. The molecule has 0 bridgehead atoms. The van der Waals surface area contributed by atoms with Crippen LogP contribution in [-0.4, -0.2) is 26.4 Å². The summed E-state index contributed by atoms with van der Waals surface area (Å²) in [5.41, 5.74) is 1.83. The summed E-state index contributed by atoms with van der Waals surface area (Å²) in [6.45, 7) is 3.23. The van der Waals surface area contributed by atoms with Gasteiger partial charge in [-0.25, -0.2) is 4.39 Å². The number of halogens is 3. The molecule has 0 amide bonds. The third kappa shape index (κ3) is 7.46. The lowest BCUT2D eigenvalue weighted by Gasteiger charge is -2.28. The fourth-order valence-electron chi connectivity index (χ4n) is 3.90. The molecule has 5 heteroatoms. The van der Waals surface area contributed by atoms with E-state index in [1.807, 2.05) is 12.1 Å². The van der Waals surface area contributed by atoms with Crippen molar-refractivity contribution in [2.45, 2.75) is 71.3 Å². The highest BCUT2D eigenvalue weighted by atomic mass is 19.2. The first-order valence-corrected chi connectivity index (χ1v) is 10.2. The van der Waals surface area contributed by atoms with Crippen LogP contribution in [0.25, 0.3) is 0 Å². The summed E-state index contributed by atoms with van der Waals surface area (Å²) in [7, 11) is 0. The number of benzene rings is 1. The third-order valence-electron chi connectivity index (χ3n) is 5.65. The molecule has 27 heavy (non-hydrogen) atoms. The number of hydrogen-bond acceptors (Lipinski definition) is 2. The Kier molecular flexibility index (Phi) is 9.63. The smallest absolute Gasteiger partial charge is 0.309 e. The molecule has 3 rings (SSSR count). The molecule has 1 aliphatic carbocycles. The molecular formula is C22H33F3O2. The Bertz CT molecular complexity index is 536. The first-order chi connectivity index (χ1) is 13.0. The van der Waals surface area contributed by atoms with Gasteiger partial charge in [-0.3, -0.25) is 4.39 Å². The lowest BCUT2D eigenvalue weighted by molar-refractivity contribution is -0.264. The first kappa shape index (κ1) is 22.2. The molecule has 1 aromatic carbocycles. The van der Waals surface area contributed by atoms with Gasteiger partial charge in [0.05, 0.1) is 19.9 Å². The standard InChI is InChI=1S/C15H20F2.C7H13FO2/c1-11-2-5-14(10-15(11)17)13-6-3-12(4-7-13)8-9-16;1-2-3-6-4-9-7(8)10-5-6/h2,5,10,12-13H,3-4,6-9H2,1H3;6-7H,2-5H2,1H3. The minimum atomic E-state index is -1.48. The molecule has 1 aliphatic heterocycles. The zero-order valence-electron chi connectivity index (χ0n) is 16.6. The summed E-state index contributed by atoms with van der Waals surface area (Å²) >= 11 is 0. The second-order valence-corrected chi connectivity index (χ2v) is 7.80. The maximum absolute atomic E-state index is 13.5. The van der Waals surface area contributed by atoms with E-state index in [1.165, 1.54) is 0 Å². The molecule has 2 nitrogen and oxygen atoms in total. The van der Waals surface area contributed by atoms with Crippen LogP contribution >= 0.6 is 0 Å². The van der Waals surface area contributed by atoms with E-state index in [0.717, 1.165) is 44.1 Å². The van der Waals surface area contributed by atoms with Gasteiger partial charge in [0.1, 0.15) is 5.82 Å². The Balaban J connectivity index is 0.000000223. The van der Waals surface area contributed by atoms with E-state index >= 15 is 0 Å². The average molecular weight is 386 g/mol. The Morgan fingerprint density at radius 1 is 1.00 bits per heavy atom. The van der Waals surface area contributed by atoms with Gasteiger partial charge in [0.25, 0.3) is 0 Å². The molecule has 1 aromatic rings. The molecule has 0 aromatic heterocycles. The van der Waals surface area contributed by atoms with Gasteiger partial charge < -0.3 is 9.47 Å². The highest BCUT2D eigenvalue weighted by Gasteiger charge is 2.22. The number of aryl methyl sites for hydroxylation is 1. The fraction of sp³-hybridized carbons (Fsp3) is 0.727. The summed E-state index contributed by atoms with van der Waals surface area (Å²) in [5, 5.41) is 0. The van der Waals surface area contributed by atoms with Crippen LogP contribution in [0.5, 0.6) is 0 Å². The van der Waals surface area contributed by atoms with Crippen molar-refractivity contribution in [3.8, 4) is 0 Å². The van der Waals surface area contributed by atoms with Gasteiger partial charge >= 0.3 is 6.54 Å². The predicted octanol–water partition coefficient (Wildman–Crippen LogP) is 6.47. The zero-order chi connectivity index (χ0) is 19.6. The minimum Gasteiger partial charge on any atom is -0.326 e. The molecule has 1 heterocycles. The van der Waals surface area contributed by atoms with Crippen LogP contribution in [0.3, 0.4) is 0 Å². The van der Waals surface area contributed by atoms with Crippen molar-refractivity contribution in [3.05, 3.63) is 35.1 Å². The molecule has 0 spiro atoms. The van der Waals surface area contributed by atoms with Crippen molar-refractivity contribution in [3.63, 3.8) is 0 Å². The largest absolute Gasteiger partial charge is 0.326 e. The summed E-state index contributed by atoms with van der Waals surface area (Å²) in [4.78, 5) is 0. The summed E-state index contributed by atoms with van der Waals surface area (Å²) in [5.74, 6) is 1.32. The van der Waals surface area contributed by atoms with Gasteiger partial charge in [-0.2, -0.15) is 4.39 Å². The summed E-state index contributed by atoms with van der Waals surface area (Å²) in [6, 6.07) is 5.58. The van der Waals surface area contributed by atoms with Gasteiger partial charge in [0.2, 0.25) is 0 Å². The van der Waals surface area contributed by atoms with E-state index < -0.39 is 6.54 Å². The quantitative estimate of drug-likeness (QED) is 0.577. The number of hydrogen-bond donors (Lipinski definition) is 0. The van der Waals surface area contributed by atoms with Gasteiger partial charge in [-0.15, -0.1) is 0 Å². The monoisotopic (exact) mass is 386 g/mol. The van der Waals surface area contributed by atoms with E-state index in [0.29, 0.717) is 43.0 Å². The molecule has 1 saturated heterocycles. The molecule has 0 radical (unpaired) electrons. The average Bonchev–Trinajstić information content (AvgIpc) is 2.68. The van der Waals surface area contributed by atoms with Crippen molar-refractivity contribution < 1.29 is 22.6 Å². The second-order valence-electron chi connectivity index (χ2n) is 7.80. The number of ether oxygens (including phenoxy) is 2. The molecular weight excluding hydrogens is 353 g/mol. The van der Waals surface area contributed by atoms with E-state index in [-0.39, 0.29) is 12.5 Å². The third-order valence-corrected chi connectivity index (χ3v) is 5.65. The Labute approximate surface area is 161 Å². The van der Waals surface area contributed by atoms with Crippen LogP contribution in [0.2, 0.25) is 0 Å². The van der Waals surface area contributed by atoms with E-state index in [4.69, 9.17) is 0 Å². The van der Waals surface area contributed by atoms with Crippen LogP contribution in [0, 0.1) is 24.6 Å². The van der Waals surface area contributed by atoms with Crippen molar-refractivity contribution in [2.24, 2.45) is 11.8 Å². The van der Waals surface area contributed by atoms with E-state index in [2.05, 4.69) is 16.4 Å². The van der Waals surface area contributed by atoms with Gasteiger partial charge in [-0.05, 0) is 74.5 Å². The highest BCUT2D eigenvalue weighted by molar-refractivity contribution is 5.26. The molecule has 2 fully saturated rings. The van der Waals surface area contributed by atoms with Gasteiger partial charge in [0.15, 0.2) is 0 Å². The predicted molar refractivity (Wildman–Crippen MR) is 102 cm³/mol. The Hall–Kier alpha value is -1.07. The maximum atomic E-state index is 13.5. The molecule has 154 valence electrons. The Morgan fingerprint density at radius 3 is 2.22 bits per heavy atom. The lowest BCUT2D eigenvalue weighted by Crippen LogP contribution is -2.29. The van der Waals surface area contributed by atoms with Crippen LogP contribution in [0.4, 0.5) is 13.2 Å². The molecule has 1 saturated carbocycles. The van der Waals surface area contributed by atoms with Crippen molar-refractivity contribution >= 4 is 0 Å².